The summed E-state index contributed by atoms with van der Waals surface area (Å²) in [6.45, 7) is 0. The molecule has 0 unspecified atom stereocenters. The van der Waals surface area contributed by atoms with Gasteiger partial charge in [-0.25, -0.2) is 8.78 Å². The monoisotopic (exact) mass is 217 g/mol. The third kappa shape index (κ3) is 1.63. The molecule has 1 aliphatic rings. The van der Waals surface area contributed by atoms with E-state index in [2.05, 4.69) is 5.10 Å². The van der Waals surface area contributed by atoms with Gasteiger partial charge in [-0.05, 0) is 12.8 Å². The zero-order valence-electron chi connectivity index (χ0n) is 8.32. The first kappa shape index (κ1) is 10.5. The van der Waals surface area contributed by atoms with Crippen LogP contribution in [0.1, 0.15) is 30.5 Å². The van der Waals surface area contributed by atoms with Crippen LogP contribution < -0.4 is 5.73 Å². The van der Waals surface area contributed by atoms with Crippen molar-refractivity contribution in [2.45, 2.75) is 30.9 Å². The molecule has 0 spiro atoms. The van der Waals surface area contributed by atoms with E-state index in [1.807, 2.05) is 0 Å². The molecular formula is C9H13F2N3O. The minimum absolute atomic E-state index is 0.271. The average Bonchev–Trinajstić information content (AvgIpc) is 2.45. The summed E-state index contributed by atoms with van der Waals surface area (Å²) in [4.78, 5) is 0. The van der Waals surface area contributed by atoms with Crippen LogP contribution in [0.3, 0.4) is 0 Å². The second kappa shape index (κ2) is 3.24. The van der Waals surface area contributed by atoms with Crippen LogP contribution in [0.25, 0.3) is 0 Å². The lowest BCUT2D eigenvalue weighted by molar-refractivity contribution is 0.0185. The van der Waals surface area contributed by atoms with Crippen LogP contribution in [0, 0.1) is 0 Å². The van der Waals surface area contributed by atoms with Gasteiger partial charge in [0.05, 0.1) is 6.10 Å². The van der Waals surface area contributed by atoms with E-state index in [1.165, 1.54) is 10.9 Å². The van der Waals surface area contributed by atoms with Crippen LogP contribution in [-0.2, 0) is 12.6 Å². The molecule has 4 nitrogen and oxygen atoms in total. The molecule has 2 rings (SSSR count). The fourth-order valence-corrected chi connectivity index (χ4v) is 2.05. The second-order valence-corrected chi connectivity index (χ2v) is 4.12. The number of nitrogens with two attached hydrogens (primary N) is 1. The molecule has 0 aromatic carbocycles. The summed E-state index contributed by atoms with van der Waals surface area (Å²) < 4.78 is 26.6. The number of alkyl halides is 2. The second-order valence-electron chi connectivity index (χ2n) is 4.12. The van der Waals surface area contributed by atoms with Crippen LogP contribution >= 0.6 is 0 Å². The highest BCUT2D eigenvalue weighted by Gasteiger charge is 2.44. The van der Waals surface area contributed by atoms with Gasteiger partial charge in [-0.2, -0.15) is 5.10 Å². The van der Waals surface area contributed by atoms with E-state index in [-0.39, 0.29) is 5.69 Å². The molecule has 1 heterocycles. The summed E-state index contributed by atoms with van der Waals surface area (Å²) in [5.74, 6) is 0. The van der Waals surface area contributed by atoms with Gasteiger partial charge in [0.2, 0.25) is 0 Å². The van der Waals surface area contributed by atoms with Gasteiger partial charge in [0.15, 0.2) is 0 Å². The van der Waals surface area contributed by atoms with E-state index in [0.29, 0.717) is 18.4 Å². The third-order valence-electron chi connectivity index (χ3n) is 2.80. The van der Waals surface area contributed by atoms with Gasteiger partial charge < -0.3 is 10.8 Å². The van der Waals surface area contributed by atoms with Crippen molar-refractivity contribution in [3.05, 3.63) is 17.5 Å². The van der Waals surface area contributed by atoms with Gasteiger partial charge in [0.25, 0.3) is 6.43 Å². The lowest BCUT2D eigenvalue weighted by Crippen LogP contribution is -2.52. The summed E-state index contributed by atoms with van der Waals surface area (Å²) in [7, 11) is 1.58. The van der Waals surface area contributed by atoms with Gasteiger partial charge in [0, 0.05) is 24.3 Å². The summed E-state index contributed by atoms with van der Waals surface area (Å²) in [5.41, 5.74) is 5.17. The highest BCUT2D eigenvalue weighted by atomic mass is 19.3. The van der Waals surface area contributed by atoms with Crippen LogP contribution in [0.2, 0.25) is 0 Å². The molecule has 84 valence electrons. The van der Waals surface area contributed by atoms with Crippen LogP contribution in [0.5, 0.6) is 0 Å². The minimum Gasteiger partial charge on any atom is -0.393 e. The van der Waals surface area contributed by atoms with Crippen molar-refractivity contribution in [2.24, 2.45) is 12.8 Å². The maximum atomic E-state index is 12.6. The Morgan fingerprint density at radius 1 is 1.67 bits per heavy atom. The smallest absolute Gasteiger partial charge is 0.282 e. The molecule has 0 saturated heterocycles. The number of aryl methyl sites for hydroxylation is 1. The molecule has 0 radical (unpaired) electrons. The van der Waals surface area contributed by atoms with E-state index in [1.54, 1.807) is 7.05 Å². The summed E-state index contributed by atoms with van der Waals surface area (Å²) >= 11 is 0. The van der Waals surface area contributed by atoms with Gasteiger partial charge in [-0.1, -0.05) is 0 Å². The number of aliphatic hydroxyl groups excluding tert-OH is 1. The highest BCUT2D eigenvalue weighted by molar-refractivity contribution is 5.30. The normalized spacial score (nSPS) is 30.7. The van der Waals surface area contributed by atoms with Crippen molar-refractivity contribution in [3.8, 4) is 0 Å². The largest absolute Gasteiger partial charge is 0.393 e. The van der Waals surface area contributed by atoms with Crippen molar-refractivity contribution < 1.29 is 13.9 Å². The molecule has 1 aromatic rings. The third-order valence-corrected chi connectivity index (χ3v) is 2.80. The molecule has 1 aliphatic carbocycles. The SMILES string of the molecule is Cn1cc(C2(N)CC(O)C2)c(C(F)F)n1. The molecule has 3 N–H and O–H groups in total. The number of hydrogen-bond acceptors (Lipinski definition) is 3. The van der Waals surface area contributed by atoms with Crippen molar-refractivity contribution in [1.82, 2.24) is 9.78 Å². The standard InChI is InChI=1S/C9H13F2N3O/c1-14-4-6(7(13-14)8(10)11)9(12)2-5(15)3-9/h4-5,8,15H,2-3,12H2,1H3. The number of nitrogens with zero attached hydrogens (tertiary/aromatic N) is 2. The topological polar surface area (TPSA) is 64.1 Å². The minimum atomic E-state index is -2.63. The first-order valence-corrected chi connectivity index (χ1v) is 4.71. The lowest BCUT2D eigenvalue weighted by atomic mass is 9.70. The molecule has 0 amide bonds. The van der Waals surface area contributed by atoms with E-state index >= 15 is 0 Å². The molecule has 0 atom stereocenters. The number of rotatable bonds is 2. The van der Waals surface area contributed by atoms with Crippen molar-refractivity contribution >= 4 is 0 Å². The molecular weight excluding hydrogens is 204 g/mol. The molecule has 1 fully saturated rings. The predicted octanol–water partition coefficient (Wildman–Crippen LogP) is 0.666. The number of aromatic nitrogens is 2. The molecule has 6 heteroatoms. The molecule has 0 aliphatic heterocycles. The van der Waals surface area contributed by atoms with Gasteiger partial charge in [-0.3, -0.25) is 4.68 Å². The quantitative estimate of drug-likeness (QED) is 0.765. The zero-order chi connectivity index (χ0) is 11.2. The van der Waals surface area contributed by atoms with Gasteiger partial charge in [-0.15, -0.1) is 0 Å². The Morgan fingerprint density at radius 3 is 2.73 bits per heavy atom. The number of hydrogen-bond donors (Lipinski definition) is 2. The molecule has 0 bridgehead atoms. The zero-order valence-corrected chi connectivity index (χ0v) is 8.32. The molecule has 15 heavy (non-hydrogen) atoms. The maximum absolute atomic E-state index is 12.6. The number of halogens is 2. The first-order chi connectivity index (χ1) is 6.92. The maximum Gasteiger partial charge on any atom is 0.282 e. The van der Waals surface area contributed by atoms with Crippen LogP contribution in [0.4, 0.5) is 8.78 Å². The Balaban J connectivity index is 2.35. The van der Waals surface area contributed by atoms with E-state index < -0.39 is 18.1 Å². The molecule has 1 saturated carbocycles. The lowest BCUT2D eigenvalue weighted by Gasteiger charge is -2.42. The van der Waals surface area contributed by atoms with E-state index in [9.17, 15) is 13.9 Å². The summed E-state index contributed by atoms with van der Waals surface area (Å²) in [5, 5.41) is 12.9. The van der Waals surface area contributed by atoms with Gasteiger partial charge in [0.1, 0.15) is 5.69 Å². The Morgan fingerprint density at radius 2 is 2.27 bits per heavy atom. The fraction of sp³-hybridized carbons (Fsp3) is 0.667. The Bertz CT molecular complexity index is 371. The Labute approximate surface area is 85.7 Å². The number of aliphatic hydroxyl groups is 1. The highest BCUT2D eigenvalue weighted by Crippen LogP contribution is 2.42. The van der Waals surface area contributed by atoms with Crippen molar-refractivity contribution in [2.75, 3.05) is 0 Å². The van der Waals surface area contributed by atoms with E-state index in [4.69, 9.17) is 5.73 Å². The van der Waals surface area contributed by atoms with Gasteiger partial charge >= 0.3 is 0 Å². The Hall–Kier alpha value is -1.01. The summed E-state index contributed by atoms with van der Waals surface area (Å²) in [6.07, 6.45) is -0.968. The summed E-state index contributed by atoms with van der Waals surface area (Å²) in [6, 6.07) is 0. The van der Waals surface area contributed by atoms with E-state index in [0.717, 1.165) is 0 Å². The van der Waals surface area contributed by atoms with Crippen LogP contribution in [-0.4, -0.2) is 21.0 Å². The fourth-order valence-electron chi connectivity index (χ4n) is 2.05. The average molecular weight is 217 g/mol. The molecule has 1 aromatic heterocycles. The van der Waals surface area contributed by atoms with Crippen molar-refractivity contribution in [1.29, 1.82) is 0 Å². The van der Waals surface area contributed by atoms with Crippen LogP contribution in [0.15, 0.2) is 6.20 Å². The van der Waals surface area contributed by atoms with Crippen molar-refractivity contribution in [3.63, 3.8) is 0 Å². The predicted molar refractivity (Wildman–Crippen MR) is 49.3 cm³/mol. The first-order valence-electron chi connectivity index (χ1n) is 4.71. The Kier molecular flexibility index (Phi) is 2.27.